The average molecular weight is 251 g/mol. The molecule has 0 spiro atoms. The fraction of sp³-hybridized carbons (Fsp3) is 0.364. The maximum Gasteiger partial charge on any atom is 0.405 e. The Balaban J connectivity index is 3.03. The molecule has 0 aliphatic heterocycles. The van der Waals surface area contributed by atoms with E-state index in [0.717, 1.165) is 0 Å². The Kier molecular flexibility index (Phi) is 4.32. The largest absolute Gasteiger partial charge is 0.465 e. The van der Waals surface area contributed by atoms with E-state index in [1.54, 1.807) is 13.8 Å². The summed E-state index contributed by atoms with van der Waals surface area (Å²) in [5.74, 6) is 4.99. The van der Waals surface area contributed by atoms with Gasteiger partial charge in [-0.25, -0.2) is 9.59 Å². The van der Waals surface area contributed by atoms with Crippen LogP contribution in [-0.4, -0.2) is 27.3 Å². The molecule has 3 N–H and O–H groups in total. The number of nitrogens with one attached hydrogen (secondary N) is 2. The van der Waals surface area contributed by atoms with E-state index in [9.17, 15) is 14.4 Å². The lowest BCUT2D eigenvalue weighted by Gasteiger charge is -2.08. The second-order valence-corrected chi connectivity index (χ2v) is 3.76. The molecular formula is C11H13N3O4. The van der Waals surface area contributed by atoms with Crippen molar-refractivity contribution in [1.29, 1.82) is 0 Å². The van der Waals surface area contributed by atoms with Gasteiger partial charge in [0.25, 0.3) is 5.56 Å². The first kappa shape index (κ1) is 13.6. The van der Waals surface area contributed by atoms with Gasteiger partial charge in [0.15, 0.2) is 0 Å². The molecule has 1 aromatic rings. The molecule has 1 amide bonds. The van der Waals surface area contributed by atoms with Crippen LogP contribution < -0.4 is 16.6 Å². The van der Waals surface area contributed by atoms with E-state index >= 15 is 0 Å². The smallest absolute Gasteiger partial charge is 0.405 e. The van der Waals surface area contributed by atoms with Crippen molar-refractivity contribution in [3.63, 3.8) is 0 Å². The molecule has 0 aliphatic carbocycles. The predicted octanol–water partition coefficient (Wildman–Crippen LogP) is -0.263. The van der Waals surface area contributed by atoms with E-state index in [-0.39, 0.29) is 18.2 Å². The zero-order chi connectivity index (χ0) is 13.7. The lowest BCUT2D eigenvalue weighted by molar-refractivity contribution is 0.196. The summed E-state index contributed by atoms with van der Waals surface area (Å²) in [6.45, 7) is 3.50. The predicted molar refractivity (Wildman–Crippen MR) is 64.6 cm³/mol. The molecule has 1 heterocycles. The van der Waals surface area contributed by atoms with Gasteiger partial charge in [0.2, 0.25) is 0 Å². The van der Waals surface area contributed by atoms with Crippen molar-refractivity contribution in [3.8, 4) is 11.8 Å². The van der Waals surface area contributed by atoms with E-state index in [4.69, 9.17) is 5.11 Å². The monoisotopic (exact) mass is 251 g/mol. The fourth-order valence-electron chi connectivity index (χ4n) is 1.22. The highest BCUT2D eigenvalue weighted by Gasteiger charge is 2.04. The van der Waals surface area contributed by atoms with Gasteiger partial charge in [0, 0.05) is 12.2 Å². The minimum atomic E-state index is -1.19. The van der Waals surface area contributed by atoms with Crippen molar-refractivity contribution in [2.45, 2.75) is 19.9 Å². The molecule has 18 heavy (non-hydrogen) atoms. The first-order valence-electron chi connectivity index (χ1n) is 5.23. The minimum Gasteiger partial charge on any atom is -0.465 e. The van der Waals surface area contributed by atoms with Crippen LogP contribution in [0.15, 0.2) is 15.8 Å². The van der Waals surface area contributed by atoms with Gasteiger partial charge in [-0.3, -0.25) is 14.3 Å². The summed E-state index contributed by atoms with van der Waals surface area (Å²) in [6.07, 6.45) is 0.171. The quantitative estimate of drug-likeness (QED) is 0.629. The molecule has 1 rings (SSSR count). The van der Waals surface area contributed by atoms with Gasteiger partial charge in [-0.15, -0.1) is 0 Å². The molecule has 0 unspecified atom stereocenters. The van der Waals surface area contributed by atoms with Crippen LogP contribution in [0.5, 0.6) is 0 Å². The van der Waals surface area contributed by atoms with Crippen molar-refractivity contribution in [1.82, 2.24) is 14.9 Å². The highest BCUT2D eigenvalue weighted by molar-refractivity contribution is 5.64. The Morgan fingerprint density at radius 2 is 2.22 bits per heavy atom. The molecule has 0 radical (unpaired) electrons. The molecule has 0 saturated carbocycles. The van der Waals surface area contributed by atoms with E-state index in [1.807, 2.05) is 5.32 Å². The number of aromatic amines is 1. The molecule has 0 atom stereocenters. The summed E-state index contributed by atoms with van der Waals surface area (Å²) in [6, 6.07) is -0.105. The molecule has 0 fully saturated rings. The number of amides is 1. The topological polar surface area (TPSA) is 104 Å². The zero-order valence-corrected chi connectivity index (χ0v) is 9.98. The minimum absolute atomic E-state index is 0.0877. The number of carbonyl (C=O) groups is 1. The lowest BCUT2D eigenvalue weighted by atomic mass is 10.3. The number of H-pyrrole nitrogens is 1. The maximum absolute atomic E-state index is 11.4. The van der Waals surface area contributed by atoms with Crippen LogP contribution in [0.4, 0.5) is 4.79 Å². The third-order valence-electron chi connectivity index (χ3n) is 2.08. The number of hydrogen-bond donors (Lipinski definition) is 3. The van der Waals surface area contributed by atoms with Crippen LogP contribution in [-0.2, 0) is 0 Å². The Morgan fingerprint density at radius 3 is 2.78 bits per heavy atom. The Morgan fingerprint density at radius 1 is 1.56 bits per heavy atom. The normalized spacial score (nSPS) is 9.72. The molecule has 0 aromatic carbocycles. The van der Waals surface area contributed by atoms with Crippen molar-refractivity contribution in [2.24, 2.45) is 0 Å². The second kappa shape index (κ2) is 5.72. The number of rotatable bonds is 2. The van der Waals surface area contributed by atoms with Crippen LogP contribution in [0, 0.1) is 11.8 Å². The maximum atomic E-state index is 11.4. The molecular weight excluding hydrogens is 238 g/mol. The van der Waals surface area contributed by atoms with Crippen molar-refractivity contribution >= 4 is 6.09 Å². The number of carboxylic acid groups (broad SMARTS) is 1. The average Bonchev–Trinajstić information content (AvgIpc) is 2.25. The van der Waals surface area contributed by atoms with Crippen LogP contribution in [0.1, 0.15) is 25.5 Å². The number of aromatic nitrogens is 2. The standard InChI is InChI=1S/C11H13N3O4/c1-7(2)14-6-8(9(15)13-10(14)16)4-3-5-12-11(17)18/h6-7,12H,5H2,1-2H3,(H,17,18)(H,13,15,16). The van der Waals surface area contributed by atoms with Gasteiger partial charge in [-0.05, 0) is 13.8 Å². The highest BCUT2D eigenvalue weighted by Crippen LogP contribution is 1.98. The molecule has 0 bridgehead atoms. The van der Waals surface area contributed by atoms with Gasteiger partial charge >= 0.3 is 11.8 Å². The zero-order valence-electron chi connectivity index (χ0n) is 9.98. The fourth-order valence-corrected chi connectivity index (χ4v) is 1.22. The van der Waals surface area contributed by atoms with E-state index < -0.39 is 17.3 Å². The van der Waals surface area contributed by atoms with Crippen molar-refractivity contribution < 1.29 is 9.90 Å². The molecule has 0 aliphatic rings. The summed E-state index contributed by atoms with van der Waals surface area (Å²) in [7, 11) is 0. The van der Waals surface area contributed by atoms with E-state index in [0.29, 0.717) is 0 Å². The van der Waals surface area contributed by atoms with Crippen LogP contribution in [0.25, 0.3) is 0 Å². The second-order valence-electron chi connectivity index (χ2n) is 3.76. The first-order valence-corrected chi connectivity index (χ1v) is 5.23. The first-order chi connectivity index (χ1) is 8.41. The van der Waals surface area contributed by atoms with Crippen molar-refractivity contribution in [3.05, 3.63) is 32.6 Å². The molecule has 1 aromatic heterocycles. The summed E-state index contributed by atoms with van der Waals surface area (Å²) < 4.78 is 1.34. The molecule has 7 heteroatoms. The molecule has 7 nitrogen and oxygen atoms in total. The third-order valence-corrected chi connectivity index (χ3v) is 2.08. The molecule has 0 saturated heterocycles. The van der Waals surface area contributed by atoms with Crippen LogP contribution >= 0.6 is 0 Å². The Labute approximate surface area is 102 Å². The van der Waals surface area contributed by atoms with E-state index in [2.05, 4.69) is 16.8 Å². The van der Waals surface area contributed by atoms with Gasteiger partial charge < -0.3 is 10.4 Å². The summed E-state index contributed by atoms with van der Waals surface area (Å²) in [4.78, 5) is 35.2. The summed E-state index contributed by atoms with van der Waals surface area (Å²) in [5.41, 5.74) is -0.959. The number of hydrogen-bond acceptors (Lipinski definition) is 3. The molecule has 96 valence electrons. The van der Waals surface area contributed by atoms with Gasteiger partial charge in [0.1, 0.15) is 5.56 Å². The van der Waals surface area contributed by atoms with Crippen molar-refractivity contribution in [2.75, 3.05) is 6.54 Å². The summed E-state index contributed by atoms with van der Waals surface area (Å²) >= 11 is 0. The van der Waals surface area contributed by atoms with Crippen LogP contribution in [0.2, 0.25) is 0 Å². The van der Waals surface area contributed by atoms with Crippen LogP contribution in [0.3, 0.4) is 0 Å². The Hall–Kier alpha value is -2.49. The highest BCUT2D eigenvalue weighted by atomic mass is 16.4. The Bertz CT molecular complexity index is 616. The SMILES string of the molecule is CC(C)n1cc(C#CCNC(=O)O)c(=O)[nH]c1=O. The van der Waals surface area contributed by atoms with Gasteiger partial charge in [-0.2, -0.15) is 0 Å². The third kappa shape index (κ3) is 3.52. The van der Waals surface area contributed by atoms with E-state index in [1.165, 1.54) is 10.8 Å². The van der Waals surface area contributed by atoms with Gasteiger partial charge in [-0.1, -0.05) is 11.8 Å². The lowest BCUT2D eigenvalue weighted by Crippen LogP contribution is -2.32. The number of nitrogens with zero attached hydrogens (tertiary/aromatic N) is 1. The van der Waals surface area contributed by atoms with Gasteiger partial charge in [0.05, 0.1) is 6.54 Å². The summed E-state index contributed by atoms with van der Waals surface area (Å²) in [5, 5.41) is 10.4.